The molecule has 1 aromatic rings. The van der Waals surface area contributed by atoms with Gasteiger partial charge in [0.25, 0.3) is 5.91 Å². The number of carbonyl (C=O) groups excluding carboxylic acids is 3. The number of hydrogen-bond acceptors (Lipinski definition) is 6. The Balaban J connectivity index is 2.20. The normalized spacial score (nSPS) is 16.9. The van der Waals surface area contributed by atoms with Crippen LogP contribution < -0.4 is 9.84 Å². The summed E-state index contributed by atoms with van der Waals surface area (Å²) in [7, 11) is 1.54. The van der Waals surface area contributed by atoms with Gasteiger partial charge in [-0.2, -0.15) is 0 Å². The molecule has 0 saturated heterocycles. The minimum atomic E-state index is -1.10. The van der Waals surface area contributed by atoms with Crippen molar-refractivity contribution in [1.29, 1.82) is 0 Å². The standard InChI is InChI=1S/C19H23NO6/c1-12(21)16-17(13-7-9-14(26-2)10-8-13)20(19(25)18(16)24)11-5-3-4-6-15(22)23/h7-10,17,24H,3-6,11H2,1-2H3,(H,22,23)/p-1/t17-/m1/s1. The molecule has 0 saturated carbocycles. The van der Waals surface area contributed by atoms with Crippen molar-refractivity contribution in [3.63, 3.8) is 0 Å². The van der Waals surface area contributed by atoms with Gasteiger partial charge in [-0.25, -0.2) is 0 Å². The monoisotopic (exact) mass is 360 g/mol. The molecule has 26 heavy (non-hydrogen) atoms. The molecule has 2 rings (SSSR count). The molecule has 0 radical (unpaired) electrons. The Labute approximate surface area is 151 Å². The van der Waals surface area contributed by atoms with E-state index in [1.165, 1.54) is 11.8 Å². The second kappa shape index (κ2) is 8.51. The van der Waals surface area contributed by atoms with Gasteiger partial charge in [0.2, 0.25) is 0 Å². The van der Waals surface area contributed by atoms with E-state index in [2.05, 4.69) is 0 Å². The number of methoxy groups -OCH3 is 1. The Morgan fingerprint density at radius 3 is 2.38 bits per heavy atom. The number of ether oxygens (including phenoxy) is 1. The molecule has 0 bridgehead atoms. The van der Waals surface area contributed by atoms with Crippen LogP contribution in [0, 0.1) is 0 Å². The molecule has 0 fully saturated rings. The van der Waals surface area contributed by atoms with Crippen molar-refractivity contribution in [3.05, 3.63) is 41.2 Å². The lowest BCUT2D eigenvalue weighted by Gasteiger charge is -2.26. The van der Waals surface area contributed by atoms with E-state index in [4.69, 9.17) is 4.74 Å². The van der Waals surface area contributed by atoms with E-state index in [-0.39, 0.29) is 17.8 Å². The Kier molecular flexibility index (Phi) is 6.38. The average Bonchev–Trinajstić information content (AvgIpc) is 2.86. The van der Waals surface area contributed by atoms with Gasteiger partial charge in [-0.1, -0.05) is 18.6 Å². The maximum atomic E-state index is 12.4. The van der Waals surface area contributed by atoms with E-state index < -0.39 is 23.7 Å². The first-order valence-electron chi connectivity index (χ1n) is 8.45. The molecule has 140 valence electrons. The molecule has 0 spiro atoms. The zero-order valence-corrected chi connectivity index (χ0v) is 14.9. The predicted molar refractivity (Wildman–Crippen MR) is 91.3 cm³/mol. The number of hydrogen-bond donors (Lipinski definition) is 1. The molecular formula is C19H22NO6-. The molecule has 0 aromatic heterocycles. The highest BCUT2D eigenvalue weighted by atomic mass is 16.5. The minimum Gasteiger partial charge on any atom is -0.550 e. The van der Waals surface area contributed by atoms with Gasteiger partial charge in [0.15, 0.2) is 11.5 Å². The maximum Gasteiger partial charge on any atom is 0.290 e. The van der Waals surface area contributed by atoms with E-state index in [1.54, 1.807) is 31.4 Å². The second-order valence-corrected chi connectivity index (χ2v) is 6.18. The summed E-state index contributed by atoms with van der Waals surface area (Å²) >= 11 is 0. The Hall–Kier alpha value is -2.83. The number of carboxylic acids is 1. The molecule has 1 amide bonds. The van der Waals surface area contributed by atoms with Gasteiger partial charge in [0, 0.05) is 12.5 Å². The summed E-state index contributed by atoms with van der Waals surface area (Å²) in [5, 5.41) is 20.6. The Bertz CT molecular complexity index is 722. The first-order valence-corrected chi connectivity index (χ1v) is 8.45. The smallest absolute Gasteiger partial charge is 0.290 e. The number of benzene rings is 1. The number of aliphatic carboxylic acids is 1. The van der Waals surface area contributed by atoms with Gasteiger partial charge in [-0.05, 0) is 43.9 Å². The number of ketones is 1. The van der Waals surface area contributed by atoms with Crippen LogP contribution in [0.2, 0.25) is 0 Å². The number of Topliss-reactive ketones (excluding diaryl/α,β-unsaturated/α-hetero) is 1. The molecule has 0 aliphatic carbocycles. The molecule has 0 unspecified atom stereocenters. The zero-order chi connectivity index (χ0) is 19.3. The lowest BCUT2D eigenvalue weighted by atomic mass is 9.96. The van der Waals surface area contributed by atoms with Crippen LogP contribution in [-0.2, 0) is 14.4 Å². The number of amides is 1. The number of carboxylic acid groups (broad SMARTS) is 1. The molecule has 1 aliphatic heterocycles. The van der Waals surface area contributed by atoms with Gasteiger partial charge < -0.3 is 24.6 Å². The van der Waals surface area contributed by atoms with Gasteiger partial charge in [-0.15, -0.1) is 0 Å². The van der Waals surface area contributed by atoms with Gasteiger partial charge in [-0.3, -0.25) is 9.59 Å². The van der Waals surface area contributed by atoms with Crippen molar-refractivity contribution in [2.45, 2.75) is 38.6 Å². The lowest BCUT2D eigenvalue weighted by Crippen LogP contribution is -2.32. The Morgan fingerprint density at radius 1 is 1.19 bits per heavy atom. The van der Waals surface area contributed by atoms with Gasteiger partial charge in [0.05, 0.1) is 18.7 Å². The van der Waals surface area contributed by atoms with Crippen LogP contribution in [0.15, 0.2) is 35.6 Å². The number of aliphatic hydroxyl groups excluding tert-OH is 1. The van der Waals surface area contributed by atoms with Crippen molar-refractivity contribution in [2.24, 2.45) is 0 Å². The summed E-state index contributed by atoms with van der Waals surface area (Å²) in [5.74, 6) is -1.93. The topological polar surface area (TPSA) is 107 Å². The summed E-state index contributed by atoms with van der Waals surface area (Å²) in [5.41, 5.74) is 0.776. The molecule has 7 heteroatoms. The summed E-state index contributed by atoms with van der Waals surface area (Å²) in [6.07, 6.45) is 1.59. The summed E-state index contributed by atoms with van der Waals surface area (Å²) in [4.78, 5) is 36.4. The van der Waals surface area contributed by atoms with Crippen molar-refractivity contribution in [2.75, 3.05) is 13.7 Å². The van der Waals surface area contributed by atoms with E-state index >= 15 is 0 Å². The second-order valence-electron chi connectivity index (χ2n) is 6.18. The van der Waals surface area contributed by atoms with E-state index in [1.807, 2.05) is 0 Å². The maximum absolute atomic E-state index is 12.4. The first kappa shape index (κ1) is 19.5. The van der Waals surface area contributed by atoms with Crippen LogP contribution in [0.5, 0.6) is 5.75 Å². The molecule has 7 nitrogen and oxygen atoms in total. The van der Waals surface area contributed by atoms with Gasteiger partial charge >= 0.3 is 0 Å². The number of rotatable bonds is 9. The average molecular weight is 360 g/mol. The van der Waals surface area contributed by atoms with Crippen molar-refractivity contribution < 1.29 is 29.3 Å². The molecular weight excluding hydrogens is 338 g/mol. The molecule has 1 heterocycles. The number of carbonyl (C=O) groups is 3. The van der Waals surface area contributed by atoms with Crippen LogP contribution in [0.4, 0.5) is 0 Å². The third-order valence-electron chi connectivity index (χ3n) is 4.39. The predicted octanol–water partition coefficient (Wildman–Crippen LogP) is 1.29. The molecule has 1 aromatic carbocycles. The third-order valence-corrected chi connectivity index (χ3v) is 4.39. The number of unbranched alkanes of at least 4 members (excludes halogenated alkanes) is 2. The highest BCUT2D eigenvalue weighted by Gasteiger charge is 2.41. The minimum absolute atomic E-state index is 0.0297. The van der Waals surface area contributed by atoms with Gasteiger partial charge in [0.1, 0.15) is 5.75 Å². The molecule has 1 N–H and O–H groups in total. The first-order chi connectivity index (χ1) is 12.4. The van der Waals surface area contributed by atoms with E-state index in [0.29, 0.717) is 37.1 Å². The van der Waals surface area contributed by atoms with Crippen LogP contribution in [0.25, 0.3) is 0 Å². The SMILES string of the molecule is COc1ccc([C@@H]2C(C(C)=O)=C(O)C(=O)N2CCCCCC(=O)[O-])cc1. The fourth-order valence-corrected chi connectivity index (χ4v) is 3.10. The quantitative estimate of drug-likeness (QED) is 0.665. The summed E-state index contributed by atoms with van der Waals surface area (Å²) in [6, 6.07) is 6.30. The molecule has 1 atom stereocenters. The van der Waals surface area contributed by atoms with Crippen LogP contribution in [0.1, 0.15) is 44.2 Å². The van der Waals surface area contributed by atoms with Crippen molar-refractivity contribution in [3.8, 4) is 5.75 Å². The van der Waals surface area contributed by atoms with E-state index in [0.717, 1.165) is 0 Å². The number of nitrogens with zero attached hydrogens (tertiary/aromatic N) is 1. The highest BCUT2D eigenvalue weighted by Crippen LogP contribution is 2.38. The Morgan fingerprint density at radius 2 is 1.85 bits per heavy atom. The van der Waals surface area contributed by atoms with E-state index in [9.17, 15) is 24.6 Å². The largest absolute Gasteiger partial charge is 0.550 e. The van der Waals surface area contributed by atoms with Crippen LogP contribution >= 0.6 is 0 Å². The summed E-state index contributed by atoms with van der Waals surface area (Å²) in [6.45, 7) is 1.63. The van der Waals surface area contributed by atoms with Crippen molar-refractivity contribution >= 4 is 17.7 Å². The number of aliphatic hydroxyl groups is 1. The molecule has 1 aliphatic rings. The zero-order valence-electron chi connectivity index (χ0n) is 14.9. The van der Waals surface area contributed by atoms with Crippen LogP contribution in [0.3, 0.4) is 0 Å². The van der Waals surface area contributed by atoms with Crippen LogP contribution in [-0.4, -0.2) is 41.3 Å². The lowest BCUT2D eigenvalue weighted by molar-refractivity contribution is -0.305. The fourth-order valence-electron chi connectivity index (χ4n) is 3.10. The third kappa shape index (κ3) is 4.22. The highest BCUT2D eigenvalue weighted by molar-refractivity contribution is 6.08. The fraction of sp³-hybridized carbons (Fsp3) is 0.421. The summed E-state index contributed by atoms with van der Waals surface area (Å²) < 4.78 is 5.12. The van der Waals surface area contributed by atoms with Crippen molar-refractivity contribution in [1.82, 2.24) is 4.90 Å².